The second-order valence-corrected chi connectivity index (χ2v) is 15.7. The molecule has 1 aromatic heterocycles. The number of para-hydroxylation sites is 1. The molecule has 0 aliphatic carbocycles. The molecule has 0 saturated carbocycles. The number of nitrogens with zero attached hydrogens (tertiary/aromatic N) is 1. The summed E-state index contributed by atoms with van der Waals surface area (Å²) in [6.45, 7) is 0. The maximum atomic E-state index is 6.42. The van der Waals surface area contributed by atoms with Crippen LogP contribution in [0.5, 0.6) is 0 Å². The van der Waals surface area contributed by atoms with Gasteiger partial charge in [-0.2, -0.15) is 0 Å². The molecule has 0 unspecified atom stereocenters. The molecule has 0 aliphatic heterocycles. The van der Waals surface area contributed by atoms with Gasteiger partial charge in [0.1, 0.15) is 11.2 Å². The minimum atomic E-state index is 0.868. The van der Waals surface area contributed by atoms with Crippen molar-refractivity contribution < 1.29 is 4.42 Å². The second kappa shape index (κ2) is 13.9. The Bertz CT molecular complexity index is 3600. The third-order valence-electron chi connectivity index (χ3n) is 12.2. The van der Waals surface area contributed by atoms with Crippen LogP contribution in [0.2, 0.25) is 0 Å². The third kappa shape index (κ3) is 5.73. The van der Waals surface area contributed by atoms with E-state index in [1.807, 2.05) is 6.07 Å². The third-order valence-corrected chi connectivity index (χ3v) is 12.2. The minimum absolute atomic E-state index is 0.868. The number of hydrogen-bond acceptors (Lipinski definition) is 2. The number of benzene rings is 11. The Labute approximate surface area is 347 Å². The molecule has 0 fully saturated rings. The lowest BCUT2D eigenvalue weighted by Crippen LogP contribution is -2.10. The maximum absolute atomic E-state index is 6.42. The first-order valence-electron chi connectivity index (χ1n) is 20.6. The molecule has 0 amide bonds. The normalized spacial score (nSPS) is 11.7. The summed E-state index contributed by atoms with van der Waals surface area (Å²) in [6.07, 6.45) is 0. The summed E-state index contributed by atoms with van der Waals surface area (Å²) in [5.74, 6) is 0. The Balaban J connectivity index is 0.949. The Morgan fingerprint density at radius 3 is 1.33 bits per heavy atom. The number of anilines is 3. The zero-order valence-electron chi connectivity index (χ0n) is 32.7. The largest absolute Gasteiger partial charge is 0.456 e. The van der Waals surface area contributed by atoms with Gasteiger partial charge in [-0.1, -0.05) is 170 Å². The van der Waals surface area contributed by atoms with E-state index in [0.717, 1.165) is 50.1 Å². The van der Waals surface area contributed by atoms with Crippen LogP contribution in [0.15, 0.2) is 229 Å². The number of hydrogen-bond donors (Lipinski definition) is 0. The predicted octanol–water partition coefficient (Wildman–Crippen LogP) is 16.7. The van der Waals surface area contributed by atoms with E-state index in [-0.39, 0.29) is 0 Å². The van der Waals surface area contributed by atoms with E-state index in [1.54, 1.807) is 0 Å². The van der Waals surface area contributed by atoms with Crippen LogP contribution in [0.1, 0.15) is 0 Å². The van der Waals surface area contributed by atoms with Gasteiger partial charge in [0, 0.05) is 16.8 Å². The van der Waals surface area contributed by atoms with E-state index in [9.17, 15) is 0 Å². The van der Waals surface area contributed by atoms with Gasteiger partial charge < -0.3 is 9.32 Å². The summed E-state index contributed by atoms with van der Waals surface area (Å²) in [5.41, 5.74) is 12.1. The van der Waals surface area contributed by atoms with E-state index in [2.05, 4.69) is 223 Å². The molecular formula is C58H37NO. The molecule has 0 saturated heterocycles. The lowest BCUT2D eigenvalue weighted by Gasteiger charge is -2.27. The highest BCUT2D eigenvalue weighted by molar-refractivity contribution is 6.14. The monoisotopic (exact) mass is 763 g/mol. The van der Waals surface area contributed by atoms with Crippen LogP contribution in [0.4, 0.5) is 17.1 Å². The summed E-state index contributed by atoms with van der Waals surface area (Å²) in [7, 11) is 0. The Morgan fingerprint density at radius 1 is 0.267 bits per heavy atom. The summed E-state index contributed by atoms with van der Waals surface area (Å²) >= 11 is 0. The van der Waals surface area contributed by atoms with Crippen LogP contribution >= 0.6 is 0 Å². The van der Waals surface area contributed by atoms with Crippen molar-refractivity contribution >= 4 is 82.1 Å². The molecule has 280 valence electrons. The average Bonchev–Trinajstić information content (AvgIpc) is 3.71. The molecule has 12 rings (SSSR count). The van der Waals surface area contributed by atoms with Crippen LogP contribution in [0, 0.1) is 0 Å². The lowest BCUT2D eigenvalue weighted by molar-refractivity contribution is 0.669. The highest BCUT2D eigenvalue weighted by Gasteiger charge is 2.20. The molecular weight excluding hydrogens is 727 g/mol. The average molecular weight is 764 g/mol. The zero-order chi connectivity index (χ0) is 39.6. The summed E-state index contributed by atoms with van der Waals surface area (Å²) < 4.78 is 6.42. The highest BCUT2D eigenvalue weighted by atomic mass is 16.3. The Morgan fingerprint density at radius 2 is 0.717 bits per heavy atom. The molecule has 0 N–H and O–H groups in total. The van der Waals surface area contributed by atoms with Crippen LogP contribution in [-0.4, -0.2) is 0 Å². The molecule has 0 radical (unpaired) electrons. The molecule has 0 spiro atoms. The summed E-state index contributed by atoms with van der Waals surface area (Å²) in [5, 5.41) is 12.3. The Kier molecular flexibility index (Phi) is 7.89. The number of rotatable bonds is 6. The summed E-state index contributed by atoms with van der Waals surface area (Å²) in [6, 6.07) is 81.3. The van der Waals surface area contributed by atoms with Crippen molar-refractivity contribution in [2.24, 2.45) is 0 Å². The van der Waals surface area contributed by atoms with Crippen molar-refractivity contribution in [1.29, 1.82) is 0 Å². The SMILES string of the molecule is c1cc(-c2ccc(-c3ccc4ccc5ccccc5c4c3)cc2)cc(N(c2ccc(-c3ccc4ccc5ccccc5c4c3)cc2)c2cccc3oc4ccccc4c23)c1. The van der Waals surface area contributed by atoms with Gasteiger partial charge in [0.2, 0.25) is 0 Å². The van der Waals surface area contributed by atoms with E-state index in [1.165, 1.54) is 65.3 Å². The zero-order valence-corrected chi connectivity index (χ0v) is 32.7. The van der Waals surface area contributed by atoms with Crippen LogP contribution < -0.4 is 4.90 Å². The van der Waals surface area contributed by atoms with Crippen molar-refractivity contribution in [2.45, 2.75) is 0 Å². The molecule has 0 aliphatic rings. The molecule has 0 atom stereocenters. The van der Waals surface area contributed by atoms with E-state index < -0.39 is 0 Å². The fourth-order valence-corrected chi connectivity index (χ4v) is 9.22. The number of fused-ring (bicyclic) bond motifs is 9. The van der Waals surface area contributed by atoms with Crippen LogP contribution in [0.25, 0.3) is 98.4 Å². The van der Waals surface area contributed by atoms with Gasteiger partial charge in [0.05, 0.1) is 11.1 Å². The Hall–Kier alpha value is -7.94. The molecule has 1 heterocycles. The molecule has 0 bridgehead atoms. The first-order valence-corrected chi connectivity index (χ1v) is 20.6. The van der Waals surface area contributed by atoms with Crippen molar-refractivity contribution in [3.8, 4) is 33.4 Å². The number of furan rings is 1. The predicted molar refractivity (Wildman–Crippen MR) is 255 cm³/mol. The van der Waals surface area contributed by atoms with Crippen molar-refractivity contribution in [3.05, 3.63) is 224 Å². The van der Waals surface area contributed by atoms with Crippen LogP contribution in [0.3, 0.4) is 0 Å². The molecule has 11 aromatic carbocycles. The van der Waals surface area contributed by atoms with Gasteiger partial charge in [-0.15, -0.1) is 0 Å². The first kappa shape index (κ1) is 34.1. The molecule has 2 nitrogen and oxygen atoms in total. The first-order chi connectivity index (χ1) is 29.7. The molecule has 60 heavy (non-hydrogen) atoms. The van der Waals surface area contributed by atoms with Gasteiger partial charge in [-0.05, 0) is 131 Å². The van der Waals surface area contributed by atoms with Crippen molar-refractivity contribution in [1.82, 2.24) is 0 Å². The van der Waals surface area contributed by atoms with E-state index in [4.69, 9.17) is 4.42 Å². The van der Waals surface area contributed by atoms with Gasteiger partial charge in [0.15, 0.2) is 0 Å². The molecule has 12 aromatic rings. The molecule has 2 heteroatoms. The lowest BCUT2D eigenvalue weighted by atomic mass is 9.96. The quantitative estimate of drug-likeness (QED) is 0.157. The van der Waals surface area contributed by atoms with Gasteiger partial charge in [-0.25, -0.2) is 0 Å². The van der Waals surface area contributed by atoms with Crippen molar-refractivity contribution in [3.63, 3.8) is 0 Å². The van der Waals surface area contributed by atoms with Gasteiger partial charge in [-0.3, -0.25) is 0 Å². The van der Waals surface area contributed by atoms with E-state index >= 15 is 0 Å². The minimum Gasteiger partial charge on any atom is -0.456 e. The standard InChI is InChI=1S/C58H37NO/c1-3-13-50-41(9-1)23-25-43-27-29-46(36-53(43)50)39-21-19-38(20-22-39)45-11-7-12-49(35-45)59(55-16-8-18-57-58(55)52-15-5-6-17-56(52)60-57)48-33-31-40(32-34-48)47-30-28-44-26-24-42-10-2-4-14-51(42)54(44)37-47/h1-37H. The smallest absolute Gasteiger partial charge is 0.137 e. The van der Waals surface area contributed by atoms with Gasteiger partial charge >= 0.3 is 0 Å². The maximum Gasteiger partial charge on any atom is 0.137 e. The highest BCUT2D eigenvalue weighted by Crippen LogP contribution is 2.44. The van der Waals surface area contributed by atoms with Crippen LogP contribution in [-0.2, 0) is 0 Å². The fourth-order valence-electron chi connectivity index (χ4n) is 9.22. The van der Waals surface area contributed by atoms with E-state index in [0.29, 0.717) is 0 Å². The van der Waals surface area contributed by atoms with Crippen molar-refractivity contribution in [2.75, 3.05) is 4.90 Å². The fraction of sp³-hybridized carbons (Fsp3) is 0. The second-order valence-electron chi connectivity index (χ2n) is 15.7. The topological polar surface area (TPSA) is 16.4 Å². The van der Waals surface area contributed by atoms with Gasteiger partial charge in [0.25, 0.3) is 0 Å². The summed E-state index contributed by atoms with van der Waals surface area (Å²) in [4.78, 5) is 2.37.